The van der Waals surface area contributed by atoms with Crippen LogP contribution in [0, 0.1) is 0 Å². The lowest BCUT2D eigenvalue weighted by Crippen LogP contribution is -2.41. The third-order valence-electron chi connectivity index (χ3n) is 4.02. The molecule has 1 heterocycles. The Balaban J connectivity index is 2.19. The first-order chi connectivity index (χ1) is 9.25. The normalized spacial score (nSPS) is 19.9. The first-order valence-electron chi connectivity index (χ1n) is 7.00. The Kier molecular flexibility index (Phi) is 3.94. The van der Waals surface area contributed by atoms with Gasteiger partial charge in [0.2, 0.25) is 5.91 Å². The fourth-order valence-electron chi connectivity index (χ4n) is 1.99. The second-order valence-corrected chi connectivity index (χ2v) is 6.12. The molecule has 1 aliphatic heterocycles. The van der Waals surface area contributed by atoms with E-state index in [-0.39, 0.29) is 17.1 Å². The first kappa shape index (κ1) is 15.1. The maximum absolute atomic E-state index is 11.4. The summed E-state index contributed by atoms with van der Waals surface area (Å²) >= 11 is 0. The molecule has 0 spiro atoms. The lowest BCUT2D eigenvalue weighted by atomic mass is 9.79. The van der Waals surface area contributed by atoms with E-state index in [1.807, 2.05) is 58.9 Å². The van der Waals surface area contributed by atoms with Crippen LogP contribution < -0.4 is 10.8 Å². The van der Waals surface area contributed by atoms with Crippen molar-refractivity contribution in [1.82, 2.24) is 0 Å². The number of hydrogen-bond donors (Lipinski definition) is 1. The summed E-state index contributed by atoms with van der Waals surface area (Å²) in [5, 5.41) is 2.85. The Labute approximate surface area is 121 Å². The van der Waals surface area contributed by atoms with Crippen molar-refractivity contribution in [2.24, 2.45) is 0 Å². The predicted octanol–water partition coefficient (Wildman–Crippen LogP) is 2.33. The standard InChI is InChI=1S/C15H22BNO3/c1-6-13(18)17-12-9-7-8-11(10-12)16-19-14(2,3)15(4,5)20-16/h7-10H,6H2,1-5H3,(H,17,18). The number of nitrogens with one attached hydrogen (secondary N) is 1. The number of carbonyl (C=O) groups excluding carboxylic acids is 1. The van der Waals surface area contributed by atoms with Gasteiger partial charge in [-0.3, -0.25) is 4.79 Å². The van der Waals surface area contributed by atoms with E-state index in [9.17, 15) is 4.79 Å². The monoisotopic (exact) mass is 275 g/mol. The van der Waals surface area contributed by atoms with E-state index < -0.39 is 7.12 Å². The van der Waals surface area contributed by atoms with Crippen LogP contribution in [0.4, 0.5) is 5.69 Å². The number of hydrogen-bond acceptors (Lipinski definition) is 3. The molecule has 1 amide bonds. The van der Waals surface area contributed by atoms with Gasteiger partial charge in [0, 0.05) is 12.1 Å². The van der Waals surface area contributed by atoms with Gasteiger partial charge in [-0.25, -0.2) is 0 Å². The zero-order chi connectivity index (χ0) is 15.0. The summed E-state index contributed by atoms with van der Waals surface area (Å²) in [5.74, 6) is -0.00364. The van der Waals surface area contributed by atoms with Gasteiger partial charge >= 0.3 is 7.12 Å². The highest BCUT2D eigenvalue weighted by Gasteiger charge is 2.51. The molecule has 2 rings (SSSR count). The van der Waals surface area contributed by atoms with E-state index >= 15 is 0 Å². The van der Waals surface area contributed by atoms with Crippen molar-refractivity contribution in [1.29, 1.82) is 0 Å². The smallest absolute Gasteiger partial charge is 0.399 e. The van der Waals surface area contributed by atoms with Crippen molar-refractivity contribution in [3.8, 4) is 0 Å². The van der Waals surface area contributed by atoms with E-state index in [0.717, 1.165) is 11.2 Å². The minimum absolute atomic E-state index is 0.00364. The maximum atomic E-state index is 11.4. The summed E-state index contributed by atoms with van der Waals surface area (Å²) in [7, 11) is -0.404. The summed E-state index contributed by atoms with van der Waals surface area (Å²) in [5.41, 5.74) is 0.960. The summed E-state index contributed by atoms with van der Waals surface area (Å²) in [4.78, 5) is 11.4. The molecule has 1 aliphatic rings. The topological polar surface area (TPSA) is 47.6 Å². The van der Waals surface area contributed by atoms with E-state index in [0.29, 0.717) is 6.42 Å². The van der Waals surface area contributed by atoms with Crippen LogP contribution in [0.25, 0.3) is 0 Å². The second kappa shape index (κ2) is 5.22. The molecule has 108 valence electrons. The molecular weight excluding hydrogens is 253 g/mol. The van der Waals surface area contributed by atoms with Crippen molar-refractivity contribution in [2.75, 3.05) is 5.32 Å². The molecule has 1 saturated heterocycles. The van der Waals surface area contributed by atoms with E-state index in [4.69, 9.17) is 9.31 Å². The molecule has 20 heavy (non-hydrogen) atoms. The number of amides is 1. The van der Waals surface area contributed by atoms with Crippen molar-refractivity contribution in [3.05, 3.63) is 24.3 Å². The molecular formula is C15H22BNO3. The molecule has 0 bridgehead atoms. The lowest BCUT2D eigenvalue weighted by molar-refractivity contribution is -0.115. The van der Waals surface area contributed by atoms with Crippen LogP contribution in [-0.4, -0.2) is 24.2 Å². The van der Waals surface area contributed by atoms with Crippen LogP contribution in [0.1, 0.15) is 41.0 Å². The Bertz CT molecular complexity index is 498. The van der Waals surface area contributed by atoms with Crippen LogP contribution in [-0.2, 0) is 14.1 Å². The minimum Gasteiger partial charge on any atom is -0.399 e. The van der Waals surface area contributed by atoms with Crippen LogP contribution in [0.3, 0.4) is 0 Å². The summed E-state index contributed by atoms with van der Waals surface area (Å²) in [6.45, 7) is 9.92. The minimum atomic E-state index is -0.404. The van der Waals surface area contributed by atoms with Gasteiger partial charge in [0.1, 0.15) is 0 Å². The van der Waals surface area contributed by atoms with Crippen LogP contribution in [0.15, 0.2) is 24.3 Å². The quantitative estimate of drug-likeness (QED) is 0.861. The fraction of sp³-hybridized carbons (Fsp3) is 0.533. The van der Waals surface area contributed by atoms with Crippen LogP contribution in [0.2, 0.25) is 0 Å². The lowest BCUT2D eigenvalue weighted by Gasteiger charge is -2.32. The molecule has 0 unspecified atom stereocenters. The van der Waals surface area contributed by atoms with Gasteiger partial charge in [-0.05, 0) is 45.3 Å². The highest BCUT2D eigenvalue weighted by atomic mass is 16.7. The van der Waals surface area contributed by atoms with Crippen molar-refractivity contribution in [3.63, 3.8) is 0 Å². The third-order valence-corrected chi connectivity index (χ3v) is 4.02. The maximum Gasteiger partial charge on any atom is 0.494 e. The van der Waals surface area contributed by atoms with Crippen LogP contribution >= 0.6 is 0 Å². The van der Waals surface area contributed by atoms with Crippen molar-refractivity contribution in [2.45, 2.75) is 52.2 Å². The van der Waals surface area contributed by atoms with Gasteiger partial charge in [0.05, 0.1) is 11.2 Å². The van der Waals surface area contributed by atoms with Crippen LogP contribution in [0.5, 0.6) is 0 Å². The molecule has 1 N–H and O–H groups in total. The molecule has 1 fully saturated rings. The molecule has 4 nitrogen and oxygen atoms in total. The Morgan fingerprint density at radius 2 is 1.80 bits per heavy atom. The molecule has 0 atom stereocenters. The molecule has 5 heteroatoms. The largest absolute Gasteiger partial charge is 0.494 e. The predicted molar refractivity (Wildman–Crippen MR) is 81.1 cm³/mol. The average molecular weight is 275 g/mol. The average Bonchev–Trinajstić information content (AvgIpc) is 2.59. The zero-order valence-corrected chi connectivity index (χ0v) is 12.8. The molecule has 0 radical (unpaired) electrons. The highest BCUT2D eigenvalue weighted by Crippen LogP contribution is 2.36. The van der Waals surface area contributed by atoms with Crippen molar-refractivity contribution < 1.29 is 14.1 Å². The zero-order valence-electron chi connectivity index (χ0n) is 12.8. The first-order valence-corrected chi connectivity index (χ1v) is 7.00. The van der Waals surface area contributed by atoms with Gasteiger partial charge in [-0.2, -0.15) is 0 Å². The van der Waals surface area contributed by atoms with E-state index in [1.165, 1.54) is 0 Å². The second-order valence-electron chi connectivity index (χ2n) is 6.12. The van der Waals surface area contributed by atoms with E-state index in [1.54, 1.807) is 0 Å². The Morgan fingerprint density at radius 3 is 2.35 bits per heavy atom. The van der Waals surface area contributed by atoms with Gasteiger partial charge in [-0.1, -0.05) is 19.1 Å². The Hall–Kier alpha value is -1.33. The molecule has 0 saturated carbocycles. The molecule has 0 aliphatic carbocycles. The summed E-state index contributed by atoms with van der Waals surface area (Å²) in [6.07, 6.45) is 0.459. The number of anilines is 1. The number of rotatable bonds is 3. The fourth-order valence-corrected chi connectivity index (χ4v) is 1.99. The molecule has 1 aromatic carbocycles. The third kappa shape index (κ3) is 2.89. The summed E-state index contributed by atoms with van der Waals surface area (Å²) in [6, 6.07) is 7.60. The van der Waals surface area contributed by atoms with Crippen molar-refractivity contribution >= 4 is 24.2 Å². The molecule has 0 aromatic heterocycles. The number of benzene rings is 1. The van der Waals surface area contributed by atoms with Gasteiger partial charge in [0.25, 0.3) is 0 Å². The molecule has 1 aromatic rings. The Morgan fingerprint density at radius 1 is 1.20 bits per heavy atom. The SMILES string of the molecule is CCC(=O)Nc1cccc(B2OC(C)(C)C(C)(C)O2)c1. The number of carbonyl (C=O) groups is 1. The van der Waals surface area contributed by atoms with Gasteiger partial charge in [-0.15, -0.1) is 0 Å². The van der Waals surface area contributed by atoms with Gasteiger partial charge < -0.3 is 14.6 Å². The summed E-state index contributed by atoms with van der Waals surface area (Å²) < 4.78 is 12.0. The van der Waals surface area contributed by atoms with Gasteiger partial charge in [0.15, 0.2) is 0 Å². The van der Waals surface area contributed by atoms with E-state index in [2.05, 4.69) is 5.32 Å². The highest BCUT2D eigenvalue weighted by molar-refractivity contribution is 6.62.